The molecule has 8 nitrogen and oxygen atoms in total. The molecule has 0 spiro atoms. The Kier molecular flexibility index (Phi) is 9.06. The molecule has 0 aliphatic heterocycles. The highest BCUT2D eigenvalue weighted by atomic mass is 32.2. The number of ether oxygens (including phenoxy) is 3. The maximum atomic E-state index is 12.8. The number of nitrogens with zero attached hydrogens (tertiary/aromatic N) is 1. The summed E-state index contributed by atoms with van der Waals surface area (Å²) in [6.07, 6.45) is 1.15. The van der Waals surface area contributed by atoms with Crippen molar-refractivity contribution in [1.82, 2.24) is 5.32 Å². The molecule has 1 amide bonds. The quantitative estimate of drug-likeness (QED) is 0.244. The lowest BCUT2D eigenvalue weighted by molar-refractivity contribution is 0.0947. The summed E-state index contributed by atoms with van der Waals surface area (Å²) < 4.78 is 43.6. The highest BCUT2D eigenvalue weighted by Gasteiger charge is 2.22. The van der Waals surface area contributed by atoms with Crippen LogP contribution in [-0.2, 0) is 16.6 Å². The largest absolute Gasteiger partial charge is 0.497 e. The molecule has 202 valence electrons. The SMILES string of the molecule is COc1ccc(OCCNC(=O)c2ccc(CN(c3ccccc3Oc3ccccc3)S(C)(=O)=O)cc2)cc1. The minimum atomic E-state index is -3.65. The molecule has 0 saturated heterocycles. The van der Waals surface area contributed by atoms with Gasteiger partial charge in [-0.1, -0.05) is 42.5 Å². The van der Waals surface area contributed by atoms with Crippen LogP contribution in [0, 0.1) is 0 Å². The van der Waals surface area contributed by atoms with E-state index in [1.54, 1.807) is 92.0 Å². The fraction of sp³-hybridized carbons (Fsp3) is 0.167. The van der Waals surface area contributed by atoms with E-state index >= 15 is 0 Å². The second-order valence-electron chi connectivity index (χ2n) is 8.63. The number of nitrogens with one attached hydrogen (secondary N) is 1. The molecular formula is C30H30N2O6S. The van der Waals surface area contributed by atoms with E-state index in [2.05, 4.69) is 5.32 Å². The second-order valence-corrected chi connectivity index (χ2v) is 10.5. The number of sulfonamides is 1. The van der Waals surface area contributed by atoms with Crippen LogP contribution in [-0.4, -0.2) is 40.8 Å². The Balaban J connectivity index is 1.38. The van der Waals surface area contributed by atoms with Crippen molar-refractivity contribution in [2.75, 3.05) is 30.8 Å². The number of hydrogen-bond donors (Lipinski definition) is 1. The molecule has 0 aromatic heterocycles. The Morgan fingerprint density at radius 2 is 1.44 bits per heavy atom. The highest BCUT2D eigenvalue weighted by molar-refractivity contribution is 7.92. The van der Waals surface area contributed by atoms with Gasteiger partial charge in [0.1, 0.15) is 23.9 Å². The molecule has 9 heteroatoms. The first kappa shape index (κ1) is 27.5. The molecule has 0 bridgehead atoms. The fourth-order valence-corrected chi connectivity index (χ4v) is 4.67. The summed E-state index contributed by atoms with van der Waals surface area (Å²) in [5, 5.41) is 2.82. The van der Waals surface area contributed by atoms with Crippen LogP contribution in [0.2, 0.25) is 0 Å². The Bertz CT molecular complexity index is 1470. The van der Waals surface area contributed by atoms with Crippen molar-refractivity contribution in [3.8, 4) is 23.0 Å². The van der Waals surface area contributed by atoms with Crippen LogP contribution in [0.25, 0.3) is 0 Å². The summed E-state index contributed by atoms with van der Waals surface area (Å²) >= 11 is 0. The normalized spacial score (nSPS) is 10.9. The molecule has 0 atom stereocenters. The maximum Gasteiger partial charge on any atom is 0.251 e. The van der Waals surface area contributed by atoms with Crippen molar-refractivity contribution in [3.05, 3.63) is 114 Å². The number of anilines is 1. The molecule has 0 radical (unpaired) electrons. The summed E-state index contributed by atoms with van der Waals surface area (Å²) in [4.78, 5) is 12.6. The van der Waals surface area contributed by atoms with E-state index in [9.17, 15) is 13.2 Å². The molecule has 4 aromatic rings. The molecule has 0 saturated carbocycles. The van der Waals surface area contributed by atoms with E-state index in [1.807, 2.05) is 18.2 Å². The summed E-state index contributed by atoms with van der Waals surface area (Å²) in [6, 6.07) is 30.2. The summed E-state index contributed by atoms with van der Waals surface area (Å²) in [7, 11) is -2.05. The Morgan fingerprint density at radius 3 is 2.10 bits per heavy atom. The minimum Gasteiger partial charge on any atom is -0.497 e. The fourth-order valence-electron chi connectivity index (χ4n) is 3.78. The molecule has 0 heterocycles. The molecule has 0 unspecified atom stereocenters. The van der Waals surface area contributed by atoms with Gasteiger partial charge in [0.15, 0.2) is 5.75 Å². The van der Waals surface area contributed by atoms with Crippen LogP contribution in [0.4, 0.5) is 5.69 Å². The van der Waals surface area contributed by atoms with Gasteiger partial charge < -0.3 is 19.5 Å². The second kappa shape index (κ2) is 12.8. The number of rotatable bonds is 12. The number of carbonyl (C=O) groups excluding carboxylic acids is 1. The van der Waals surface area contributed by atoms with Crippen molar-refractivity contribution >= 4 is 21.6 Å². The number of benzene rings is 4. The average molecular weight is 547 g/mol. The van der Waals surface area contributed by atoms with Crippen LogP contribution in [0.1, 0.15) is 15.9 Å². The predicted octanol–water partition coefficient (Wildman–Crippen LogP) is 5.26. The topological polar surface area (TPSA) is 94.2 Å². The van der Waals surface area contributed by atoms with Gasteiger partial charge in [0.05, 0.1) is 32.1 Å². The molecular weight excluding hydrogens is 516 g/mol. The number of methoxy groups -OCH3 is 1. The zero-order chi connectivity index (χ0) is 27.7. The van der Waals surface area contributed by atoms with E-state index < -0.39 is 10.0 Å². The highest BCUT2D eigenvalue weighted by Crippen LogP contribution is 2.34. The van der Waals surface area contributed by atoms with Gasteiger partial charge in [-0.05, 0) is 66.2 Å². The third-order valence-electron chi connectivity index (χ3n) is 5.76. The van der Waals surface area contributed by atoms with Gasteiger partial charge in [-0.25, -0.2) is 8.42 Å². The third-order valence-corrected chi connectivity index (χ3v) is 6.89. The van der Waals surface area contributed by atoms with E-state index in [1.165, 1.54) is 4.31 Å². The smallest absolute Gasteiger partial charge is 0.251 e. The zero-order valence-corrected chi connectivity index (χ0v) is 22.6. The molecule has 4 aromatic carbocycles. The first-order valence-electron chi connectivity index (χ1n) is 12.3. The molecule has 0 aliphatic rings. The summed E-state index contributed by atoms with van der Waals surface area (Å²) in [5.74, 6) is 2.19. The number of amides is 1. The Morgan fingerprint density at radius 1 is 0.795 bits per heavy atom. The van der Waals surface area contributed by atoms with E-state index in [-0.39, 0.29) is 12.5 Å². The van der Waals surface area contributed by atoms with Crippen molar-refractivity contribution in [2.24, 2.45) is 0 Å². The van der Waals surface area contributed by atoms with Crippen molar-refractivity contribution in [2.45, 2.75) is 6.54 Å². The van der Waals surface area contributed by atoms with Gasteiger partial charge in [-0.3, -0.25) is 9.10 Å². The van der Waals surface area contributed by atoms with Gasteiger partial charge in [0.2, 0.25) is 10.0 Å². The van der Waals surface area contributed by atoms with Gasteiger partial charge >= 0.3 is 0 Å². The molecule has 39 heavy (non-hydrogen) atoms. The van der Waals surface area contributed by atoms with Gasteiger partial charge in [0, 0.05) is 5.56 Å². The van der Waals surface area contributed by atoms with Crippen LogP contribution in [0.5, 0.6) is 23.0 Å². The lowest BCUT2D eigenvalue weighted by atomic mass is 10.1. The van der Waals surface area contributed by atoms with Crippen LogP contribution in [0.15, 0.2) is 103 Å². The Labute approximate surface area is 228 Å². The lowest BCUT2D eigenvalue weighted by Crippen LogP contribution is -2.30. The van der Waals surface area contributed by atoms with E-state index in [0.29, 0.717) is 47.2 Å². The third kappa shape index (κ3) is 7.75. The molecule has 4 rings (SSSR count). The first-order chi connectivity index (χ1) is 18.8. The molecule has 1 N–H and O–H groups in total. The minimum absolute atomic E-state index is 0.0750. The zero-order valence-electron chi connectivity index (χ0n) is 21.7. The van der Waals surface area contributed by atoms with Crippen LogP contribution < -0.4 is 23.8 Å². The van der Waals surface area contributed by atoms with E-state index in [0.717, 1.165) is 12.0 Å². The summed E-state index contributed by atoms with van der Waals surface area (Å²) in [6.45, 7) is 0.711. The van der Waals surface area contributed by atoms with Crippen molar-refractivity contribution in [3.63, 3.8) is 0 Å². The lowest BCUT2D eigenvalue weighted by Gasteiger charge is -2.25. The number of hydrogen-bond acceptors (Lipinski definition) is 6. The monoisotopic (exact) mass is 546 g/mol. The number of para-hydroxylation sites is 3. The van der Waals surface area contributed by atoms with Gasteiger partial charge in [0.25, 0.3) is 5.91 Å². The average Bonchev–Trinajstić information content (AvgIpc) is 2.95. The first-order valence-corrected chi connectivity index (χ1v) is 14.1. The van der Waals surface area contributed by atoms with E-state index in [4.69, 9.17) is 14.2 Å². The Hall–Kier alpha value is -4.50. The summed E-state index contributed by atoms with van der Waals surface area (Å²) in [5.41, 5.74) is 1.60. The van der Waals surface area contributed by atoms with Gasteiger partial charge in [-0.2, -0.15) is 0 Å². The maximum absolute atomic E-state index is 12.8. The van der Waals surface area contributed by atoms with Crippen molar-refractivity contribution in [1.29, 1.82) is 0 Å². The predicted molar refractivity (Wildman–Crippen MR) is 151 cm³/mol. The van der Waals surface area contributed by atoms with Crippen LogP contribution >= 0.6 is 0 Å². The molecule has 0 aliphatic carbocycles. The standard InChI is InChI=1S/C30H30N2O6S/c1-36-25-16-18-26(19-17-25)37-21-20-31-30(33)24-14-12-23(13-15-24)22-32(39(2,34)35)28-10-6-7-11-29(28)38-27-8-4-3-5-9-27/h3-19H,20-22H2,1-2H3,(H,31,33). The number of carbonyl (C=O) groups is 1. The molecule has 0 fully saturated rings. The van der Waals surface area contributed by atoms with Crippen LogP contribution in [0.3, 0.4) is 0 Å². The van der Waals surface area contributed by atoms with Crippen molar-refractivity contribution < 1.29 is 27.4 Å². The van der Waals surface area contributed by atoms with Gasteiger partial charge in [-0.15, -0.1) is 0 Å².